The smallest absolute Gasteiger partial charge is 0.0350 e. The molecule has 0 amide bonds. The number of nitrogens with two attached hydrogens (primary N) is 1. The maximum Gasteiger partial charge on any atom is 0.0350 e. The summed E-state index contributed by atoms with van der Waals surface area (Å²) in [4.78, 5) is 4.79. The molecule has 2 aliphatic rings. The number of piperidine rings is 1. The molecule has 0 aromatic carbocycles. The fourth-order valence-electron chi connectivity index (χ4n) is 2.93. The summed E-state index contributed by atoms with van der Waals surface area (Å²) in [6.45, 7) is 5.76. The molecular weight excluding hydrogens is 200 g/mol. The van der Waals surface area contributed by atoms with Crippen molar-refractivity contribution in [3.05, 3.63) is 0 Å². The molecule has 0 aromatic heterocycles. The van der Waals surface area contributed by atoms with Crippen molar-refractivity contribution < 1.29 is 0 Å². The van der Waals surface area contributed by atoms with Gasteiger partial charge in [-0.3, -0.25) is 0 Å². The predicted octanol–water partition coefficient (Wildman–Crippen LogP) is -0.441. The summed E-state index contributed by atoms with van der Waals surface area (Å²) in [6, 6.07) is 0.823. The average molecular weight is 226 g/mol. The van der Waals surface area contributed by atoms with Gasteiger partial charge in [0, 0.05) is 31.7 Å². The van der Waals surface area contributed by atoms with E-state index in [4.69, 9.17) is 5.73 Å². The third kappa shape index (κ3) is 2.94. The maximum atomic E-state index is 6.42. The number of hydrogen-bond acceptors (Lipinski definition) is 4. The first-order chi connectivity index (χ1) is 7.66. The quantitative estimate of drug-likeness (QED) is 0.670. The van der Waals surface area contributed by atoms with E-state index in [2.05, 4.69) is 29.2 Å². The van der Waals surface area contributed by atoms with Crippen molar-refractivity contribution in [1.29, 1.82) is 0 Å². The largest absolute Gasteiger partial charge is 0.326 e. The highest BCUT2D eigenvalue weighted by atomic mass is 15.2. The molecule has 2 rings (SSSR count). The second kappa shape index (κ2) is 5.45. The monoisotopic (exact) mass is 226 g/mol. The molecule has 0 radical (unpaired) electrons. The van der Waals surface area contributed by atoms with Crippen molar-refractivity contribution in [3.8, 4) is 0 Å². The molecular formula is C12H26N4. The molecule has 0 bridgehead atoms. The molecule has 2 atom stereocenters. The van der Waals surface area contributed by atoms with E-state index < -0.39 is 0 Å². The zero-order chi connectivity index (χ0) is 11.5. The van der Waals surface area contributed by atoms with Crippen LogP contribution in [0.4, 0.5) is 0 Å². The van der Waals surface area contributed by atoms with Gasteiger partial charge in [-0.2, -0.15) is 0 Å². The highest BCUT2D eigenvalue weighted by Crippen LogP contribution is 2.21. The number of nitrogens with zero attached hydrogens (tertiary/aromatic N) is 2. The molecule has 0 aliphatic carbocycles. The minimum atomic E-state index is 0.330. The molecule has 4 heteroatoms. The molecule has 3 N–H and O–H groups in total. The summed E-state index contributed by atoms with van der Waals surface area (Å²) < 4.78 is 0. The van der Waals surface area contributed by atoms with E-state index >= 15 is 0 Å². The minimum Gasteiger partial charge on any atom is -0.326 e. The van der Waals surface area contributed by atoms with Gasteiger partial charge >= 0.3 is 0 Å². The number of likely N-dealkylation sites (tertiary alicyclic amines) is 1. The number of rotatable bonds is 2. The second-order valence-corrected chi connectivity index (χ2v) is 5.54. The number of piperazine rings is 1. The van der Waals surface area contributed by atoms with Crippen molar-refractivity contribution >= 4 is 0 Å². The van der Waals surface area contributed by atoms with Crippen LogP contribution < -0.4 is 11.1 Å². The maximum absolute atomic E-state index is 6.42. The Balaban J connectivity index is 1.84. The van der Waals surface area contributed by atoms with Crippen molar-refractivity contribution in [2.24, 2.45) is 11.7 Å². The third-order valence-electron chi connectivity index (χ3n) is 4.18. The number of likely N-dealkylation sites (N-methyl/N-ethyl adjacent to an activating group) is 1. The van der Waals surface area contributed by atoms with Crippen LogP contribution in [0.15, 0.2) is 0 Å². The Morgan fingerprint density at radius 3 is 2.44 bits per heavy atom. The molecule has 2 unspecified atom stereocenters. The molecule has 2 aliphatic heterocycles. The highest BCUT2D eigenvalue weighted by molar-refractivity contribution is 4.91. The molecule has 16 heavy (non-hydrogen) atoms. The molecule has 2 heterocycles. The van der Waals surface area contributed by atoms with Gasteiger partial charge in [-0.05, 0) is 45.9 Å². The highest BCUT2D eigenvalue weighted by Gasteiger charge is 2.30. The van der Waals surface area contributed by atoms with E-state index in [-0.39, 0.29) is 0 Å². The fourth-order valence-corrected chi connectivity index (χ4v) is 2.93. The van der Waals surface area contributed by atoms with Crippen molar-refractivity contribution in [3.63, 3.8) is 0 Å². The van der Waals surface area contributed by atoms with Crippen molar-refractivity contribution in [2.75, 3.05) is 46.8 Å². The van der Waals surface area contributed by atoms with Crippen LogP contribution in [-0.4, -0.2) is 68.7 Å². The van der Waals surface area contributed by atoms with Crippen LogP contribution in [0, 0.1) is 5.92 Å². The summed E-state index contributed by atoms with van der Waals surface area (Å²) in [6.07, 6.45) is 2.53. The molecule has 4 nitrogen and oxygen atoms in total. The van der Waals surface area contributed by atoms with Gasteiger partial charge in [0.25, 0.3) is 0 Å². The summed E-state index contributed by atoms with van der Waals surface area (Å²) in [5.74, 6) is 0.709. The lowest BCUT2D eigenvalue weighted by atomic mass is 9.85. The summed E-state index contributed by atoms with van der Waals surface area (Å²) in [5, 5.41) is 3.58. The van der Waals surface area contributed by atoms with Gasteiger partial charge < -0.3 is 20.9 Å². The Labute approximate surface area is 99.2 Å². The first-order valence-corrected chi connectivity index (χ1v) is 6.53. The summed E-state index contributed by atoms with van der Waals surface area (Å²) >= 11 is 0. The lowest BCUT2D eigenvalue weighted by Crippen LogP contribution is -2.59. The van der Waals surface area contributed by atoms with Crippen LogP contribution in [0.25, 0.3) is 0 Å². The van der Waals surface area contributed by atoms with E-state index in [0.29, 0.717) is 18.0 Å². The van der Waals surface area contributed by atoms with Crippen LogP contribution >= 0.6 is 0 Å². The SMILES string of the molecule is CN1CCC(C(N)C2CN(C)CCN2)CC1. The Morgan fingerprint density at radius 2 is 1.81 bits per heavy atom. The second-order valence-electron chi connectivity index (χ2n) is 5.54. The Kier molecular flexibility index (Phi) is 4.19. The van der Waals surface area contributed by atoms with Gasteiger partial charge in [0.15, 0.2) is 0 Å². The van der Waals surface area contributed by atoms with Gasteiger partial charge in [-0.15, -0.1) is 0 Å². The minimum absolute atomic E-state index is 0.330. The van der Waals surface area contributed by atoms with Crippen LogP contribution in [-0.2, 0) is 0 Å². The Bertz CT molecular complexity index is 213. The molecule has 2 saturated heterocycles. The van der Waals surface area contributed by atoms with E-state index in [0.717, 1.165) is 19.6 Å². The first-order valence-electron chi connectivity index (χ1n) is 6.53. The van der Waals surface area contributed by atoms with E-state index in [1.165, 1.54) is 25.9 Å². The molecule has 94 valence electrons. The van der Waals surface area contributed by atoms with Crippen molar-refractivity contribution in [2.45, 2.75) is 24.9 Å². The topological polar surface area (TPSA) is 44.5 Å². The predicted molar refractivity (Wildman–Crippen MR) is 67.5 cm³/mol. The molecule has 0 saturated carbocycles. The van der Waals surface area contributed by atoms with Gasteiger partial charge in [-0.1, -0.05) is 0 Å². The van der Waals surface area contributed by atoms with Crippen LogP contribution in [0.1, 0.15) is 12.8 Å². The summed E-state index contributed by atoms with van der Waals surface area (Å²) in [5.41, 5.74) is 6.42. The first kappa shape index (κ1) is 12.3. The van der Waals surface area contributed by atoms with E-state index in [1.54, 1.807) is 0 Å². The summed E-state index contributed by atoms with van der Waals surface area (Å²) in [7, 11) is 4.39. The van der Waals surface area contributed by atoms with Crippen LogP contribution in [0.2, 0.25) is 0 Å². The van der Waals surface area contributed by atoms with Gasteiger partial charge in [-0.25, -0.2) is 0 Å². The lowest BCUT2D eigenvalue weighted by Gasteiger charge is -2.40. The van der Waals surface area contributed by atoms with Gasteiger partial charge in [0.05, 0.1) is 0 Å². The Hall–Kier alpha value is -0.160. The zero-order valence-electron chi connectivity index (χ0n) is 10.7. The average Bonchev–Trinajstić information content (AvgIpc) is 2.29. The lowest BCUT2D eigenvalue weighted by molar-refractivity contribution is 0.149. The Morgan fingerprint density at radius 1 is 1.12 bits per heavy atom. The molecule has 0 spiro atoms. The normalized spacial score (nSPS) is 32.8. The zero-order valence-corrected chi connectivity index (χ0v) is 10.7. The standard InChI is InChI=1S/C12H26N4/c1-15-6-3-10(4-7-15)12(13)11-9-16(2)8-5-14-11/h10-12,14H,3-9,13H2,1-2H3. The number of nitrogens with one attached hydrogen (secondary N) is 1. The van der Waals surface area contributed by atoms with Crippen LogP contribution in [0.5, 0.6) is 0 Å². The number of hydrogen-bond donors (Lipinski definition) is 2. The fraction of sp³-hybridized carbons (Fsp3) is 1.00. The van der Waals surface area contributed by atoms with Gasteiger partial charge in [0.2, 0.25) is 0 Å². The van der Waals surface area contributed by atoms with Crippen molar-refractivity contribution in [1.82, 2.24) is 15.1 Å². The third-order valence-corrected chi connectivity index (χ3v) is 4.18. The van der Waals surface area contributed by atoms with E-state index in [9.17, 15) is 0 Å². The van der Waals surface area contributed by atoms with Gasteiger partial charge in [0.1, 0.15) is 0 Å². The molecule has 0 aromatic rings. The van der Waals surface area contributed by atoms with E-state index in [1.807, 2.05) is 0 Å². The molecule has 2 fully saturated rings. The van der Waals surface area contributed by atoms with Crippen LogP contribution in [0.3, 0.4) is 0 Å².